The second-order valence-electron chi connectivity index (χ2n) is 7.38. The van der Waals surface area contributed by atoms with E-state index in [1.54, 1.807) is 19.5 Å². The van der Waals surface area contributed by atoms with Crippen LogP contribution in [0.3, 0.4) is 0 Å². The van der Waals surface area contributed by atoms with Crippen LogP contribution in [0.2, 0.25) is 0 Å². The molecule has 1 aliphatic rings. The minimum atomic E-state index is -0.114. The third-order valence-electron chi connectivity index (χ3n) is 4.91. The monoisotopic (exact) mass is 383 g/mol. The quantitative estimate of drug-likeness (QED) is 0.792. The first kappa shape index (κ1) is 19.9. The van der Waals surface area contributed by atoms with E-state index in [1.807, 2.05) is 12.1 Å². The van der Waals surface area contributed by atoms with Crippen LogP contribution < -0.4 is 19.9 Å². The normalized spacial score (nSPS) is 14.3. The highest BCUT2D eigenvalue weighted by Gasteiger charge is 2.19. The average molecular weight is 383 g/mol. The van der Waals surface area contributed by atoms with Crippen molar-refractivity contribution in [2.75, 3.05) is 49.6 Å². The number of carbonyl (C=O) groups is 1. The lowest BCUT2D eigenvalue weighted by molar-refractivity contribution is 0.0951. The fourth-order valence-corrected chi connectivity index (χ4v) is 3.14. The number of aromatic nitrogens is 2. The van der Waals surface area contributed by atoms with E-state index in [4.69, 9.17) is 4.74 Å². The maximum atomic E-state index is 12.1. The molecule has 1 saturated heterocycles. The van der Waals surface area contributed by atoms with Crippen molar-refractivity contribution in [3.63, 3.8) is 0 Å². The molecule has 0 unspecified atom stereocenters. The number of hydrogen-bond donors (Lipinski definition) is 1. The van der Waals surface area contributed by atoms with Crippen LogP contribution in [-0.2, 0) is 0 Å². The molecule has 0 atom stereocenters. The lowest BCUT2D eigenvalue weighted by Crippen LogP contribution is -2.47. The maximum absolute atomic E-state index is 12.1. The van der Waals surface area contributed by atoms with E-state index in [1.165, 1.54) is 5.69 Å². The molecule has 0 aliphatic carbocycles. The standard InChI is InChI=1S/C21H29N5O2/c1-16(2)8-9-22-20(27)17-14-23-21(24-15-17)26-12-10-25(11-13-26)18-4-6-19(28-3)7-5-18/h4-7,14-16H,8-13H2,1-3H3,(H,22,27). The van der Waals surface area contributed by atoms with E-state index in [-0.39, 0.29) is 5.91 Å². The molecule has 1 aliphatic heterocycles. The summed E-state index contributed by atoms with van der Waals surface area (Å²) in [6.45, 7) is 8.42. The fourth-order valence-electron chi connectivity index (χ4n) is 3.14. The molecule has 0 saturated carbocycles. The largest absolute Gasteiger partial charge is 0.497 e. The Morgan fingerprint density at radius 1 is 1.07 bits per heavy atom. The molecule has 0 radical (unpaired) electrons. The van der Waals surface area contributed by atoms with Gasteiger partial charge >= 0.3 is 0 Å². The van der Waals surface area contributed by atoms with Gasteiger partial charge in [-0.05, 0) is 36.6 Å². The van der Waals surface area contributed by atoms with E-state index < -0.39 is 0 Å². The van der Waals surface area contributed by atoms with Gasteiger partial charge in [0.05, 0.1) is 12.7 Å². The molecule has 1 aromatic heterocycles. The number of hydrogen-bond acceptors (Lipinski definition) is 6. The summed E-state index contributed by atoms with van der Waals surface area (Å²) in [5.74, 6) is 1.99. The Balaban J connectivity index is 1.52. The van der Waals surface area contributed by atoms with Gasteiger partial charge < -0.3 is 19.9 Å². The molecular weight excluding hydrogens is 354 g/mol. The van der Waals surface area contributed by atoms with E-state index in [9.17, 15) is 4.79 Å². The first-order chi connectivity index (χ1) is 13.6. The summed E-state index contributed by atoms with van der Waals surface area (Å²) in [5.41, 5.74) is 1.69. The highest BCUT2D eigenvalue weighted by atomic mass is 16.5. The van der Waals surface area contributed by atoms with Gasteiger partial charge in [0.2, 0.25) is 5.95 Å². The molecule has 1 fully saturated rings. The highest BCUT2D eigenvalue weighted by Crippen LogP contribution is 2.21. The molecule has 1 amide bonds. The predicted octanol–water partition coefficient (Wildman–Crippen LogP) is 2.59. The number of benzene rings is 1. The van der Waals surface area contributed by atoms with Crippen molar-refractivity contribution in [1.82, 2.24) is 15.3 Å². The van der Waals surface area contributed by atoms with Gasteiger partial charge in [-0.3, -0.25) is 4.79 Å². The molecule has 150 valence electrons. The van der Waals surface area contributed by atoms with Gasteiger partial charge in [-0.15, -0.1) is 0 Å². The fraction of sp³-hybridized carbons (Fsp3) is 0.476. The van der Waals surface area contributed by atoms with Crippen molar-refractivity contribution in [3.8, 4) is 5.75 Å². The van der Waals surface area contributed by atoms with Crippen molar-refractivity contribution < 1.29 is 9.53 Å². The Kier molecular flexibility index (Phi) is 6.68. The van der Waals surface area contributed by atoms with Crippen molar-refractivity contribution >= 4 is 17.5 Å². The molecule has 0 bridgehead atoms. The molecule has 1 N–H and O–H groups in total. The SMILES string of the molecule is COc1ccc(N2CCN(c3ncc(C(=O)NCCC(C)C)cn3)CC2)cc1. The molecule has 1 aromatic carbocycles. The Morgan fingerprint density at radius 3 is 2.25 bits per heavy atom. The molecule has 7 nitrogen and oxygen atoms in total. The lowest BCUT2D eigenvalue weighted by atomic mass is 10.1. The number of piperazine rings is 1. The van der Waals surface area contributed by atoms with Crippen LogP contribution in [0.25, 0.3) is 0 Å². The van der Waals surface area contributed by atoms with Gasteiger partial charge in [-0.2, -0.15) is 0 Å². The van der Waals surface area contributed by atoms with Crippen molar-refractivity contribution in [2.24, 2.45) is 5.92 Å². The molecule has 0 spiro atoms. The third kappa shape index (κ3) is 5.12. The number of carbonyl (C=O) groups excluding carboxylic acids is 1. The van der Waals surface area contributed by atoms with E-state index in [0.717, 1.165) is 38.3 Å². The Morgan fingerprint density at radius 2 is 1.68 bits per heavy atom. The molecule has 7 heteroatoms. The molecule has 3 rings (SSSR count). The van der Waals surface area contributed by atoms with Crippen LogP contribution in [0.5, 0.6) is 5.75 Å². The number of nitrogens with one attached hydrogen (secondary N) is 1. The maximum Gasteiger partial charge on any atom is 0.254 e. The first-order valence-electron chi connectivity index (χ1n) is 9.81. The second kappa shape index (κ2) is 9.39. The Hall–Kier alpha value is -2.83. The van der Waals surface area contributed by atoms with Gasteiger partial charge in [-0.25, -0.2) is 9.97 Å². The van der Waals surface area contributed by atoms with E-state index >= 15 is 0 Å². The number of anilines is 2. The number of ether oxygens (including phenoxy) is 1. The van der Waals surface area contributed by atoms with E-state index in [0.29, 0.717) is 24.0 Å². The summed E-state index contributed by atoms with van der Waals surface area (Å²) in [4.78, 5) is 25.4. The molecule has 28 heavy (non-hydrogen) atoms. The Bertz CT molecular complexity index is 753. The first-order valence-corrected chi connectivity index (χ1v) is 9.81. The summed E-state index contributed by atoms with van der Waals surface area (Å²) in [6.07, 6.45) is 4.19. The predicted molar refractivity (Wildman–Crippen MR) is 111 cm³/mol. The lowest BCUT2D eigenvalue weighted by Gasteiger charge is -2.36. The average Bonchev–Trinajstić information content (AvgIpc) is 2.74. The van der Waals surface area contributed by atoms with Crippen molar-refractivity contribution in [1.29, 1.82) is 0 Å². The van der Waals surface area contributed by atoms with E-state index in [2.05, 4.69) is 51.1 Å². The number of amides is 1. The van der Waals surface area contributed by atoms with Gasteiger partial charge in [0, 0.05) is 50.8 Å². The molecule has 2 aromatic rings. The van der Waals surface area contributed by atoms with Crippen LogP contribution in [0, 0.1) is 5.92 Å². The summed E-state index contributed by atoms with van der Waals surface area (Å²) in [5, 5.41) is 2.91. The van der Waals surface area contributed by atoms with Gasteiger partial charge in [0.15, 0.2) is 0 Å². The zero-order valence-corrected chi connectivity index (χ0v) is 16.9. The zero-order valence-electron chi connectivity index (χ0n) is 16.9. The van der Waals surface area contributed by atoms with Crippen LogP contribution in [0.1, 0.15) is 30.6 Å². The molecular formula is C21H29N5O2. The van der Waals surface area contributed by atoms with Crippen LogP contribution in [-0.4, -0.2) is 55.7 Å². The van der Waals surface area contributed by atoms with Gasteiger partial charge in [-0.1, -0.05) is 13.8 Å². The minimum absolute atomic E-state index is 0.114. The molecule has 2 heterocycles. The summed E-state index contributed by atoms with van der Waals surface area (Å²) in [6, 6.07) is 8.13. The Labute approximate surface area is 166 Å². The summed E-state index contributed by atoms with van der Waals surface area (Å²) >= 11 is 0. The highest BCUT2D eigenvalue weighted by molar-refractivity contribution is 5.93. The number of methoxy groups -OCH3 is 1. The summed E-state index contributed by atoms with van der Waals surface area (Å²) in [7, 11) is 1.67. The smallest absolute Gasteiger partial charge is 0.254 e. The number of nitrogens with zero attached hydrogens (tertiary/aromatic N) is 4. The zero-order chi connectivity index (χ0) is 19.9. The third-order valence-corrected chi connectivity index (χ3v) is 4.91. The van der Waals surface area contributed by atoms with Crippen molar-refractivity contribution in [3.05, 3.63) is 42.2 Å². The van der Waals surface area contributed by atoms with Crippen LogP contribution >= 0.6 is 0 Å². The van der Waals surface area contributed by atoms with Gasteiger partial charge in [0.25, 0.3) is 5.91 Å². The van der Waals surface area contributed by atoms with Gasteiger partial charge in [0.1, 0.15) is 5.75 Å². The summed E-state index contributed by atoms with van der Waals surface area (Å²) < 4.78 is 5.22. The topological polar surface area (TPSA) is 70.6 Å². The minimum Gasteiger partial charge on any atom is -0.497 e. The van der Waals surface area contributed by atoms with Crippen LogP contribution in [0.4, 0.5) is 11.6 Å². The second-order valence-corrected chi connectivity index (χ2v) is 7.38. The van der Waals surface area contributed by atoms with Crippen LogP contribution in [0.15, 0.2) is 36.7 Å². The van der Waals surface area contributed by atoms with Crippen molar-refractivity contribution in [2.45, 2.75) is 20.3 Å². The number of rotatable bonds is 7.